The average Bonchev–Trinajstić information content (AvgIpc) is 3.04. The molecular formula is C17H11BrFNOS. The van der Waals surface area contributed by atoms with Crippen LogP contribution in [0.2, 0.25) is 0 Å². The molecule has 0 radical (unpaired) electrons. The van der Waals surface area contributed by atoms with Crippen molar-refractivity contribution in [1.82, 2.24) is 0 Å². The van der Waals surface area contributed by atoms with Crippen molar-refractivity contribution in [2.24, 2.45) is 0 Å². The minimum absolute atomic E-state index is 0.265. The van der Waals surface area contributed by atoms with Crippen LogP contribution in [0.5, 0.6) is 0 Å². The molecule has 0 atom stereocenters. The SMILES string of the molecule is O=C(Nc1ccccc1-c1cccs1)c1cc(F)ccc1Br. The predicted molar refractivity (Wildman–Crippen MR) is 91.8 cm³/mol. The second-order valence-corrected chi connectivity index (χ2v) is 6.40. The lowest BCUT2D eigenvalue weighted by Gasteiger charge is -2.11. The average molecular weight is 376 g/mol. The third-order valence-corrected chi connectivity index (χ3v) is 4.73. The maximum Gasteiger partial charge on any atom is 0.256 e. The van der Waals surface area contributed by atoms with Crippen LogP contribution < -0.4 is 5.32 Å². The van der Waals surface area contributed by atoms with Crippen LogP contribution in [-0.2, 0) is 0 Å². The molecule has 0 saturated carbocycles. The summed E-state index contributed by atoms with van der Waals surface area (Å²) in [5.74, 6) is -0.796. The normalized spacial score (nSPS) is 10.5. The van der Waals surface area contributed by atoms with Gasteiger partial charge in [0.1, 0.15) is 5.82 Å². The molecule has 3 aromatic rings. The summed E-state index contributed by atoms with van der Waals surface area (Å²) in [6.45, 7) is 0. The van der Waals surface area contributed by atoms with E-state index in [4.69, 9.17) is 0 Å². The van der Waals surface area contributed by atoms with Crippen LogP contribution >= 0.6 is 27.3 Å². The quantitative estimate of drug-likeness (QED) is 0.636. The minimum atomic E-state index is -0.445. The molecule has 3 rings (SSSR count). The Kier molecular flexibility index (Phi) is 4.36. The topological polar surface area (TPSA) is 29.1 Å². The van der Waals surface area contributed by atoms with Crippen LogP contribution in [-0.4, -0.2) is 5.91 Å². The number of nitrogens with one attached hydrogen (secondary N) is 1. The van der Waals surface area contributed by atoms with Crippen molar-refractivity contribution in [2.45, 2.75) is 0 Å². The van der Waals surface area contributed by atoms with Crippen LogP contribution in [0, 0.1) is 5.82 Å². The van der Waals surface area contributed by atoms with E-state index in [1.54, 1.807) is 11.3 Å². The number of carbonyl (C=O) groups is 1. The highest BCUT2D eigenvalue weighted by molar-refractivity contribution is 9.10. The van der Waals surface area contributed by atoms with E-state index in [1.807, 2.05) is 41.8 Å². The third-order valence-electron chi connectivity index (χ3n) is 3.13. The highest BCUT2D eigenvalue weighted by Crippen LogP contribution is 2.32. The van der Waals surface area contributed by atoms with E-state index >= 15 is 0 Å². The van der Waals surface area contributed by atoms with Crippen molar-refractivity contribution < 1.29 is 9.18 Å². The molecule has 1 N–H and O–H groups in total. The summed E-state index contributed by atoms with van der Waals surface area (Å²) in [6.07, 6.45) is 0. The molecule has 1 amide bonds. The zero-order valence-electron chi connectivity index (χ0n) is 11.3. The Labute approximate surface area is 139 Å². The lowest BCUT2D eigenvalue weighted by Crippen LogP contribution is -2.13. The molecule has 0 fully saturated rings. The fourth-order valence-corrected chi connectivity index (χ4v) is 3.29. The van der Waals surface area contributed by atoms with Crippen molar-refractivity contribution in [1.29, 1.82) is 0 Å². The molecule has 1 aromatic heterocycles. The molecule has 0 aliphatic rings. The second-order valence-electron chi connectivity index (χ2n) is 4.60. The Morgan fingerprint density at radius 1 is 1.09 bits per heavy atom. The van der Waals surface area contributed by atoms with Crippen molar-refractivity contribution in [2.75, 3.05) is 5.32 Å². The molecule has 0 saturated heterocycles. The molecule has 1 heterocycles. The Balaban J connectivity index is 1.94. The molecule has 0 aliphatic carbocycles. The van der Waals surface area contributed by atoms with Crippen LogP contribution in [0.3, 0.4) is 0 Å². The number of halogens is 2. The van der Waals surface area contributed by atoms with Crippen LogP contribution in [0.4, 0.5) is 10.1 Å². The Hall–Kier alpha value is -1.98. The standard InChI is InChI=1S/C17H11BrFNOS/c18-14-8-7-11(19)10-13(14)17(21)20-15-5-2-1-4-12(15)16-6-3-9-22-16/h1-10H,(H,20,21). The minimum Gasteiger partial charge on any atom is -0.321 e. The molecule has 0 bridgehead atoms. The van der Waals surface area contributed by atoms with Gasteiger partial charge in [-0.15, -0.1) is 11.3 Å². The Bertz CT molecular complexity index is 817. The van der Waals surface area contributed by atoms with Gasteiger partial charge >= 0.3 is 0 Å². The third kappa shape index (κ3) is 3.10. The zero-order valence-corrected chi connectivity index (χ0v) is 13.7. The van der Waals surface area contributed by atoms with Crippen molar-refractivity contribution in [3.8, 4) is 10.4 Å². The largest absolute Gasteiger partial charge is 0.321 e. The van der Waals surface area contributed by atoms with E-state index in [-0.39, 0.29) is 11.5 Å². The number of hydrogen-bond acceptors (Lipinski definition) is 2. The highest BCUT2D eigenvalue weighted by Gasteiger charge is 2.14. The lowest BCUT2D eigenvalue weighted by molar-refractivity contribution is 0.102. The molecule has 2 nitrogen and oxygen atoms in total. The fourth-order valence-electron chi connectivity index (χ4n) is 2.10. The summed E-state index contributed by atoms with van der Waals surface area (Å²) < 4.78 is 13.9. The van der Waals surface area contributed by atoms with Gasteiger partial charge in [-0.3, -0.25) is 4.79 Å². The van der Waals surface area contributed by atoms with Gasteiger partial charge in [0.25, 0.3) is 5.91 Å². The highest BCUT2D eigenvalue weighted by atomic mass is 79.9. The summed E-state index contributed by atoms with van der Waals surface area (Å²) in [5.41, 5.74) is 1.91. The molecule has 0 aliphatic heterocycles. The van der Waals surface area contributed by atoms with Gasteiger partial charge in [-0.1, -0.05) is 24.3 Å². The molecule has 0 spiro atoms. The fraction of sp³-hybridized carbons (Fsp3) is 0. The number of hydrogen-bond donors (Lipinski definition) is 1. The Morgan fingerprint density at radius 2 is 1.91 bits per heavy atom. The van der Waals surface area contributed by atoms with Gasteiger partial charge in [0.2, 0.25) is 0 Å². The van der Waals surface area contributed by atoms with Crippen molar-refractivity contribution in [3.63, 3.8) is 0 Å². The number of benzene rings is 2. The first-order valence-corrected chi connectivity index (χ1v) is 8.22. The van der Waals surface area contributed by atoms with Gasteiger partial charge in [-0.25, -0.2) is 4.39 Å². The second kappa shape index (κ2) is 6.42. The van der Waals surface area contributed by atoms with Gasteiger partial charge in [0, 0.05) is 20.6 Å². The summed E-state index contributed by atoms with van der Waals surface area (Å²) in [5, 5.41) is 4.84. The molecule has 22 heavy (non-hydrogen) atoms. The van der Waals surface area contributed by atoms with Gasteiger partial charge in [-0.05, 0) is 51.6 Å². The first-order valence-electron chi connectivity index (χ1n) is 6.54. The van der Waals surface area contributed by atoms with Crippen LogP contribution in [0.15, 0.2) is 64.5 Å². The van der Waals surface area contributed by atoms with E-state index < -0.39 is 5.82 Å². The number of carbonyl (C=O) groups excluding carboxylic acids is 1. The molecule has 110 valence electrons. The van der Waals surface area contributed by atoms with Crippen LogP contribution in [0.25, 0.3) is 10.4 Å². The first kappa shape index (κ1) is 14.9. The summed E-state index contributed by atoms with van der Waals surface area (Å²) in [7, 11) is 0. The van der Waals surface area contributed by atoms with Gasteiger partial charge in [-0.2, -0.15) is 0 Å². The molecular weight excluding hydrogens is 365 g/mol. The van der Waals surface area contributed by atoms with E-state index in [0.717, 1.165) is 10.4 Å². The number of anilines is 1. The lowest BCUT2D eigenvalue weighted by atomic mass is 10.1. The number of amides is 1. The van der Waals surface area contributed by atoms with E-state index in [0.29, 0.717) is 10.2 Å². The molecule has 5 heteroatoms. The van der Waals surface area contributed by atoms with E-state index in [2.05, 4.69) is 21.2 Å². The monoisotopic (exact) mass is 375 g/mol. The maximum absolute atomic E-state index is 13.3. The van der Waals surface area contributed by atoms with E-state index in [9.17, 15) is 9.18 Å². The van der Waals surface area contributed by atoms with Crippen molar-refractivity contribution >= 4 is 38.9 Å². The number of rotatable bonds is 3. The Morgan fingerprint density at radius 3 is 2.68 bits per heavy atom. The molecule has 2 aromatic carbocycles. The van der Waals surface area contributed by atoms with Gasteiger partial charge in [0.05, 0.1) is 5.56 Å². The number of para-hydroxylation sites is 1. The predicted octanol–water partition coefficient (Wildman–Crippen LogP) is 5.57. The van der Waals surface area contributed by atoms with E-state index in [1.165, 1.54) is 18.2 Å². The maximum atomic E-state index is 13.3. The molecule has 0 unspecified atom stereocenters. The number of thiophene rings is 1. The summed E-state index contributed by atoms with van der Waals surface area (Å²) in [6, 6.07) is 15.6. The van der Waals surface area contributed by atoms with Gasteiger partial charge in [0.15, 0.2) is 0 Å². The zero-order chi connectivity index (χ0) is 15.5. The van der Waals surface area contributed by atoms with Gasteiger partial charge < -0.3 is 5.32 Å². The van der Waals surface area contributed by atoms with Crippen LogP contribution in [0.1, 0.15) is 10.4 Å². The smallest absolute Gasteiger partial charge is 0.256 e. The van der Waals surface area contributed by atoms with Crippen molar-refractivity contribution in [3.05, 3.63) is 75.8 Å². The first-order chi connectivity index (χ1) is 10.6. The summed E-state index contributed by atoms with van der Waals surface area (Å²) >= 11 is 4.87. The summed E-state index contributed by atoms with van der Waals surface area (Å²) in [4.78, 5) is 13.5.